The second kappa shape index (κ2) is 8.75. The topological polar surface area (TPSA) is 45.2 Å². The number of aromatic nitrogens is 1. The average molecular weight is 448 g/mol. The van der Waals surface area contributed by atoms with Crippen molar-refractivity contribution in [1.29, 1.82) is 0 Å². The first-order valence-corrected chi connectivity index (χ1v) is 10.5. The van der Waals surface area contributed by atoms with Gasteiger partial charge in [-0.15, -0.1) is 0 Å². The predicted molar refractivity (Wildman–Crippen MR) is 115 cm³/mol. The Hall–Kier alpha value is -2.80. The molecule has 162 valence electrons. The summed E-state index contributed by atoms with van der Waals surface area (Å²) in [5.41, 5.74) is 1.31. The van der Waals surface area contributed by atoms with E-state index in [0.29, 0.717) is 45.8 Å². The minimum atomic E-state index is -4.41. The fraction of sp³-hybridized carbons (Fsp3) is 0.304. The highest BCUT2D eigenvalue weighted by Crippen LogP contribution is 2.32. The Morgan fingerprint density at radius 3 is 2.61 bits per heavy atom. The van der Waals surface area contributed by atoms with E-state index in [-0.39, 0.29) is 12.5 Å². The van der Waals surface area contributed by atoms with Crippen molar-refractivity contribution in [3.63, 3.8) is 0 Å². The van der Waals surface area contributed by atoms with E-state index < -0.39 is 11.7 Å². The van der Waals surface area contributed by atoms with Gasteiger partial charge in [0.1, 0.15) is 0 Å². The molecule has 0 aliphatic carbocycles. The Balaban J connectivity index is 1.70. The lowest BCUT2D eigenvalue weighted by molar-refractivity contribution is -0.137. The molecule has 0 saturated carbocycles. The summed E-state index contributed by atoms with van der Waals surface area (Å²) in [5.74, 6) is -0.138. The van der Waals surface area contributed by atoms with E-state index in [9.17, 15) is 18.0 Å². The molecule has 2 heterocycles. The zero-order chi connectivity index (χ0) is 22.0. The number of piperidine rings is 1. The van der Waals surface area contributed by atoms with E-state index in [4.69, 9.17) is 11.6 Å². The SMILES string of the molecule is O=C(c1cnc2ccc(Cl)cc2c1NCc1cccc(C(F)(F)F)c1)N1CCCCC1. The molecular formula is C23H21ClF3N3O. The molecule has 3 aromatic rings. The average Bonchev–Trinajstić information content (AvgIpc) is 2.77. The number of hydrogen-bond acceptors (Lipinski definition) is 3. The fourth-order valence-corrected chi connectivity index (χ4v) is 4.00. The van der Waals surface area contributed by atoms with Gasteiger partial charge >= 0.3 is 6.18 Å². The zero-order valence-corrected chi connectivity index (χ0v) is 17.4. The largest absolute Gasteiger partial charge is 0.416 e. The van der Waals surface area contributed by atoms with Gasteiger partial charge in [-0.25, -0.2) is 0 Å². The highest BCUT2D eigenvalue weighted by molar-refractivity contribution is 6.31. The summed E-state index contributed by atoms with van der Waals surface area (Å²) in [6, 6.07) is 10.3. The number of hydrogen-bond donors (Lipinski definition) is 1. The number of amides is 1. The van der Waals surface area contributed by atoms with Crippen LogP contribution in [-0.4, -0.2) is 28.9 Å². The third-order valence-corrected chi connectivity index (χ3v) is 5.66. The van der Waals surface area contributed by atoms with Crippen molar-refractivity contribution in [2.24, 2.45) is 0 Å². The number of carbonyl (C=O) groups is 1. The lowest BCUT2D eigenvalue weighted by atomic mass is 10.1. The van der Waals surface area contributed by atoms with Gasteiger partial charge in [-0.05, 0) is 55.2 Å². The van der Waals surface area contributed by atoms with Crippen LogP contribution in [0.25, 0.3) is 10.9 Å². The lowest BCUT2D eigenvalue weighted by Gasteiger charge is -2.27. The summed E-state index contributed by atoms with van der Waals surface area (Å²) >= 11 is 6.18. The maximum Gasteiger partial charge on any atom is 0.416 e. The van der Waals surface area contributed by atoms with Crippen molar-refractivity contribution < 1.29 is 18.0 Å². The van der Waals surface area contributed by atoms with E-state index in [1.807, 2.05) is 0 Å². The highest BCUT2D eigenvalue weighted by Gasteiger charge is 2.30. The first kappa shape index (κ1) is 21.4. The van der Waals surface area contributed by atoms with Crippen molar-refractivity contribution in [3.05, 3.63) is 70.4 Å². The molecule has 2 aromatic carbocycles. The Labute approximate surface area is 183 Å². The van der Waals surface area contributed by atoms with Crippen molar-refractivity contribution in [1.82, 2.24) is 9.88 Å². The van der Waals surface area contributed by atoms with Gasteiger partial charge in [0.25, 0.3) is 5.91 Å². The molecule has 31 heavy (non-hydrogen) atoms. The molecule has 1 amide bonds. The van der Waals surface area contributed by atoms with Crippen LogP contribution in [0.5, 0.6) is 0 Å². The van der Waals surface area contributed by atoms with E-state index in [1.165, 1.54) is 12.3 Å². The summed E-state index contributed by atoms with van der Waals surface area (Å²) in [6.45, 7) is 1.48. The first-order valence-electron chi connectivity index (χ1n) is 10.1. The molecule has 1 fully saturated rings. The predicted octanol–water partition coefficient (Wildman–Crippen LogP) is 6.15. The summed E-state index contributed by atoms with van der Waals surface area (Å²) in [4.78, 5) is 19.4. The van der Waals surface area contributed by atoms with E-state index >= 15 is 0 Å². The van der Waals surface area contributed by atoms with Crippen LogP contribution in [0, 0.1) is 0 Å². The molecule has 1 N–H and O–H groups in total. The number of anilines is 1. The van der Waals surface area contributed by atoms with Gasteiger partial charge < -0.3 is 10.2 Å². The highest BCUT2D eigenvalue weighted by atomic mass is 35.5. The molecule has 0 atom stereocenters. The van der Waals surface area contributed by atoms with Crippen LogP contribution < -0.4 is 5.32 Å². The lowest BCUT2D eigenvalue weighted by Crippen LogP contribution is -2.36. The molecule has 1 saturated heterocycles. The Morgan fingerprint density at radius 1 is 1.10 bits per heavy atom. The first-order chi connectivity index (χ1) is 14.8. The standard InChI is InChI=1S/C23H21ClF3N3O/c24-17-7-8-20-18(12-17)21(19(14-28-20)22(31)30-9-2-1-3-10-30)29-13-15-5-4-6-16(11-15)23(25,26)27/h4-8,11-12,14H,1-3,9-10,13H2,(H,28,29). The van der Waals surface area contributed by atoms with Crippen molar-refractivity contribution in [2.75, 3.05) is 18.4 Å². The number of carbonyl (C=O) groups excluding carboxylic acids is 1. The van der Waals surface area contributed by atoms with Crippen LogP contribution in [-0.2, 0) is 12.7 Å². The number of pyridine rings is 1. The third kappa shape index (κ3) is 4.77. The van der Waals surface area contributed by atoms with Crippen LogP contribution in [0.4, 0.5) is 18.9 Å². The van der Waals surface area contributed by atoms with Gasteiger partial charge in [0, 0.05) is 36.2 Å². The minimum absolute atomic E-state index is 0.121. The maximum atomic E-state index is 13.2. The number of alkyl halides is 3. The van der Waals surface area contributed by atoms with Crippen LogP contribution in [0.3, 0.4) is 0 Å². The zero-order valence-electron chi connectivity index (χ0n) is 16.7. The summed E-state index contributed by atoms with van der Waals surface area (Å²) in [6.07, 6.45) is 0.108. The van der Waals surface area contributed by atoms with Gasteiger partial charge in [-0.2, -0.15) is 13.2 Å². The molecule has 1 aliphatic rings. The third-order valence-electron chi connectivity index (χ3n) is 5.43. The van der Waals surface area contributed by atoms with Gasteiger partial charge in [-0.3, -0.25) is 9.78 Å². The Kier molecular flexibility index (Phi) is 6.05. The normalized spacial score (nSPS) is 14.6. The molecule has 0 spiro atoms. The van der Waals surface area contributed by atoms with Crippen LogP contribution in [0.15, 0.2) is 48.7 Å². The van der Waals surface area contributed by atoms with E-state index in [2.05, 4.69) is 10.3 Å². The number of nitrogens with zero attached hydrogens (tertiary/aromatic N) is 2. The smallest absolute Gasteiger partial charge is 0.380 e. The molecule has 8 heteroatoms. The molecular weight excluding hydrogens is 427 g/mol. The van der Waals surface area contributed by atoms with Crippen molar-refractivity contribution >= 4 is 34.1 Å². The number of fused-ring (bicyclic) bond motifs is 1. The molecule has 1 aliphatic heterocycles. The van der Waals surface area contributed by atoms with E-state index in [0.717, 1.165) is 31.4 Å². The molecule has 0 radical (unpaired) electrons. The van der Waals surface area contributed by atoms with Crippen molar-refractivity contribution in [2.45, 2.75) is 32.0 Å². The molecule has 4 nitrogen and oxygen atoms in total. The molecule has 4 rings (SSSR count). The number of benzene rings is 2. The maximum absolute atomic E-state index is 13.2. The van der Waals surface area contributed by atoms with Crippen molar-refractivity contribution in [3.8, 4) is 0 Å². The van der Waals surface area contributed by atoms with E-state index in [1.54, 1.807) is 29.2 Å². The molecule has 1 aromatic heterocycles. The van der Waals surface area contributed by atoms with Crippen LogP contribution in [0.1, 0.15) is 40.7 Å². The number of likely N-dealkylation sites (tertiary alicyclic amines) is 1. The Bertz CT molecular complexity index is 1110. The second-order valence-electron chi connectivity index (χ2n) is 7.61. The summed E-state index contributed by atoms with van der Waals surface area (Å²) in [5, 5.41) is 4.33. The summed E-state index contributed by atoms with van der Waals surface area (Å²) < 4.78 is 39.2. The quantitative estimate of drug-likeness (QED) is 0.522. The van der Waals surface area contributed by atoms with Crippen LogP contribution in [0.2, 0.25) is 5.02 Å². The molecule has 0 bridgehead atoms. The second-order valence-corrected chi connectivity index (χ2v) is 8.05. The fourth-order valence-electron chi connectivity index (χ4n) is 3.83. The number of halogens is 4. The van der Waals surface area contributed by atoms with Gasteiger partial charge in [0.15, 0.2) is 0 Å². The Morgan fingerprint density at radius 2 is 1.87 bits per heavy atom. The number of rotatable bonds is 4. The monoisotopic (exact) mass is 447 g/mol. The summed E-state index contributed by atoms with van der Waals surface area (Å²) in [7, 11) is 0. The minimum Gasteiger partial charge on any atom is -0.380 e. The van der Waals surface area contributed by atoms with Crippen LogP contribution >= 0.6 is 11.6 Å². The van der Waals surface area contributed by atoms with Gasteiger partial charge in [-0.1, -0.05) is 23.7 Å². The number of nitrogens with one attached hydrogen (secondary N) is 1. The van der Waals surface area contributed by atoms with Gasteiger partial charge in [0.2, 0.25) is 0 Å². The molecule has 0 unspecified atom stereocenters. The van der Waals surface area contributed by atoms with Gasteiger partial charge in [0.05, 0.1) is 22.3 Å².